The van der Waals surface area contributed by atoms with Gasteiger partial charge in [0.15, 0.2) is 0 Å². The number of amides is 1. The molecule has 25 heavy (non-hydrogen) atoms. The van der Waals surface area contributed by atoms with Gasteiger partial charge in [0.1, 0.15) is 5.75 Å². The number of carbonyl (C=O) groups is 1. The van der Waals surface area contributed by atoms with E-state index < -0.39 is 0 Å². The summed E-state index contributed by atoms with van der Waals surface area (Å²) in [7, 11) is 0. The van der Waals surface area contributed by atoms with Crippen LogP contribution in [0.2, 0.25) is 0 Å². The van der Waals surface area contributed by atoms with Gasteiger partial charge in [-0.05, 0) is 43.5 Å². The lowest BCUT2D eigenvalue weighted by molar-refractivity contribution is -0.121. The van der Waals surface area contributed by atoms with Gasteiger partial charge < -0.3 is 15.7 Å². The number of unbranched alkanes of at least 4 members (excludes halogenated alkanes) is 8. The first kappa shape index (κ1) is 21.3. The van der Waals surface area contributed by atoms with Crippen molar-refractivity contribution in [2.75, 3.05) is 18.4 Å². The lowest BCUT2D eigenvalue weighted by Crippen LogP contribution is -2.23. The zero-order chi connectivity index (χ0) is 18.2. The lowest BCUT2D eigenvalue weighted by atomic mass is 10.1. The van der Waals surface area contributed by atoms with E-state index in [1.165, 1.54) is 51.4 Å². The minimum absolute atomic E-state index is 0.197. The van der Waals surface area contributed by atoms with E-state index in [2.05, 4.69) is 10.6 Å². The van der Waals surface area contributed by atoms with Gasteiger partial charge in [0, 0.05) is 25.2 Å². The molecule has 0 saturated carbocycles. The molecule has 142 valence electrons. The Morgan fingerprint density at radius 1 is 0.840 bits per heavy atom. The zero-order valence-electron chi connectivity index (χ0n) is 15.9. The smallest absolute Gasteiger partial charge is 0.219 e. The Morgan fingerprint density at radius 3 is 1.92 bits per heavy atom. The first-order valence-corrected chi connectivity index (χ1v) is 10.0. The maximum atomic E-state index is 11.3. The number of carbonyl (C=O) groups excluding carboxylic acids is 1. The fourth-order valence-corrected chi connectivity index (χ4v) is 2.84. The number of hydrogen-bond acceptors (Lipinski definition) is 3. The summed E-state index contributed by atoms with van der Waals surface area (Å²) in [5.41, 5.74) is 1.07. The van der Waals surface area contributed by atoms with E-state index in [0.29, 0.717) is 12.2 Å². The van der Waals surface area contributed by atoms with Gasteiger partial charge in [-0.15, -0.1) is 0 Å². The molecule has 0 aliphatic rings. The van der Waals surface area contributed by atoms with Crippen molar-refractivity contribution in [3.63, 3.8) is 0 Å². The molecule has 0 saturated heterocycles. The Balaban J connectivity index is 1.78. The quantitative estimate of drug-likeness (QED) is 0.300. The van der Waals surface area contributed by atoms with Crippen LogP contribution < -0.4 is 10.6 Å². The highest BCUT2D eigenvalue weighted by atomic mass is 16.3. The predicted octanol–water partition coefficient (Wildman–Crippen LogP) is 5.23. The fourth-order valence-electron chi connectivity index (χ4n) is 2.84. The van der Waals surface area contributed by atoms with Crippen LogP contribution >= 0.6 is 0 Å². The van der Waals surface area contributed by atoms with E-state index in [1.807, 2.05) is 19.1 Å². The number of benzene rings is 1. The van der Waals surface area contributed by atoms with E-state index in [4.69, 9.17) is 0 Å². The number of aromatic hydroxyl groups is 1. The Bertz CT molecular complexity index is 446. The molecular weight excluding hydrogens is 312 g/mol. The third-order valence-corrected chi connectivity index (χ3v) is 4.35. The summed E-state index contributed by atoms with van der Waals surface area (Å²) >= 11 is 0. The molecule has 1 aromatic rings. The zero-order valence-corrected chi connectivity index (χ0v) is 15.9. The van der Waals surface area contributed by atoms with Crippen LogP contribution in [0.1, 0.15) is 77.6 Å². The van der Waals surface area contributed by atoms with E-state index in [1.54, 1.807) is 12.1 Å². The van der Waals surface area contributed by atoms with Gasteiger partial charge in [0.05, 0.1) is 0 Å². The second kappa shape index (κ2) is 14.6. The molecule has 1 rings (SSSR count). The van der Waals surface area contributed by atoms with Gasteiger partial charge in [-0.25, -0.2) is 0 Å². The van der Waals surface area contributed by atoms with Crippen LogP contribution in [0.25, 0.3) is 0 Å². The molecule has 1 amide bonds. The first-order valence-electron chi connectivity index (χ1n) is 10.0. The van der Waals surface area contributed by atoms with E-state index >= 15 is 0 Å². The third kappa shape index (κ3) is 12.3. The Hall–Kier alpha value is -1.71. The monoisotopic (exact) mass is 348 g/mol. The number of hydrogen-bond donors (Lipinski definition) is 3. The molecule has 0 spiro atoms. The number of rotatable bonds is 15. The standard InChI is InChI=1S/C21H36N2O2/c1-2-12-21(25)23-18-11-9-7-5-3-4-6-8-10-17-22-19-13-15-20(24)16-14-19/h13-16,22,24H,2-12,17-18H2,1H3,(H,23,25). The van der Waals surface area contributed by atoms with Crippen molar-refractivity contribution >= 4 is 11.6 Å². The van der Waals surface area contributed by atoms with E-state index in [9.17, 15) is 9.90 Å². The summed E-state index contributed by atoms with van der Waals surface area (Å²) in [6.45, 7) is 3.87. The van der Waals surface area contributed by atoms with Crippen LogP contribution in [-0.2, 0) is 4.79 Å². The summed E-state index contributed by atoms with van der Waals surface area (Å²) in [4.78, 5) is 11.3. The molecule has 0 heterocycles. The average molecular weight is 349 g/mol. The van der Waals surface area contributed by atoms with Crippen molar-refractivity contribution in [2.45, 2.75) is 77.6 Å². The van der Waals surface area contributed by atoms with Gasteiger partial charge in [-0.1, -0.05) is 51.9 Å². The molecule has 0 unspecified atom stereocenters. The van der Waals surface area contributed by atoms with Crippen molar-refractivity contribution < 1.29 is 9.90 Å². The number of phenolic OH excluding ortho intramolecular Hbond substituents is 1. The maximum absolute atomic E-state index is 11.3. The molecule has 0 bridgehead atoms. The topological polar surface area (TPSA) is 61.4 Å². The van der Waals surface area contributed by atoms with Crippen molar-refractivity contribution in [1.29, 1.82) is 0 Å². The summed E-state index contributed by atoms with van der Waals surface area (Å²) in [5.74, 6) is 0.509. The molecule has 4 heteroatoms. The van der Waals surface area contributed by atoms with Crippen LogP contribution in [0.5, 0.6) is 5.75 Å². The highest BCUT2D eigenvalue weighted by molar-refractivity contribution is 5.75. The second-order valence-corrected chi connectivity index (χ2v) is 6.76. The van der Waals surface area contributed by atoms with Crippen LogP contribution in [0, 0.1) is 0 Å². The van der Waals surface area contributed by atoms with Crippen molar-refractivity contribution in [1.82, 2.24) is 5.32 Å². The summed E-state index contributed by atoms with van der Waals surface area (Å²) < 4.78 is 0. The summed E-state index contributed by atoms with van der Waals surface area (Å²) in [6, 6.07) is 7.23. The Kier molecular flexibility index (Phi) is 12.5. The van der Waals surface area contributed by atoms with Gasteiger partial charge >= 0.3 is 0 Å². The van der Waals surface area contributed by atoms with Gasteiger partial charge in [0.2, 0.25) is 5.91 Å². The summed E-state index contributed by atoms with van der Waals surface area (Å²) in [5, 5.41) is 15.6. The van der Waals surface area contributed by atoms with Crippen molar-refractivity contribution in [2.24, 2.45) is 0 Å². The van der Waals surface area contributed by atoms with Crippen LogP contribution in [0.4, 0.5) is 5.69 Å². The fraction of sp³-hybridized carbons (Fsp3) is 0.667. The van der Waals surface area contributed by atoms with Gasteiger partial charge in [-0.3, -0.25) is 4.79 Å². The molecule has 3 N–H and O–H groups in total. The first-order chi connectivity index (χ1) is 12.2. The van der Waals surface area contributed by atoms with Crippen LogP contribution in [0.3, 0.4) is 0 Å². The molecule has 0 atom stereocenters. The molecule has 0 radical (unpaired) electrons. The van der Waals surface area contributed by atoms with Crippen LogP contribution in [-0.4, -0.2) is 24.1 Å². The van der Waals surface area contributed by atoms with Crippen molar-refractivity contribution in [3.8, 4) is 5.75 Å². The number of anilines is 1. The second-order valence-electron chi connectivity index (χ2n) is 6.76. The van der Waals surface area contributed by atoms with E-state index in [-0.39, 0.29) is 5.91 Å². The van der Waals surface area contributed by atoms with E-state index in [0.717, 1.165) is 31.6 Å². The highest BCUT2D eigenvalue weighted by Crippen LogP contribution is 2.14. The maximum Gasteiger partial charge on any atom is 0.219 e. The molecule has 0 aromatic heterocycles. The SMILES string of the molecule is CCCC(=O)NCCCCCCCCCCCNc1ccc(O)cc1. The summed E-state index contributed by atoms with van der Waals surface area (Å²) in [6.07, 6.45) is 12.9. The normalized spacial score (nSPS) is 10.6. The highest BCUT2D eigenvalue weighted by Gasteiger charge is 1.98. The molecule has 0 aliphatic carbocycles. The molecule has 4 nitrogen and oxygen atoms in total. The van der Waals surface area contributed by atoms with Crippen LogP contribution in [0.15, 0.2) is 24.3 Å². The Morgan fingerprint density at radius 2 is 1.36 bits per heavy atom. The van der Waals surface area contributed by atoms with Gasteiger partial charge in [-0.2, -0.15) is 0 Å². The molecule has 0 aliphatic heterocycles. The largest absolute Gasteiger partial charge is 0.508 e. The lowest BCUT2D eigenvalue weighted by Gasteiger charge is -2.06. The predicted molar refractivity (Wildman–Crippen MR) is 106 cm³/mol. The number of phenols is 1. The van der Waals surface area contributed by atoms with Crippen molar-refractivity contribution in [3.05, 3.63) is 24.3 Å². The van der Waals surface area contributed by atoms with Gasteiger partial charge in [0.25, 0.3) is 0 Å². The molecule has 0 fully saturated rings. The number of nitrogens with one attached hydrogen (secondary N) is 2. The average Bonchev–Trinajstić information content (AvgIpc) is 2.61. The molecular formula is C21H36N2O2. The minimum Gasteiger partial charge on any atom is -0.508 e. The minimum atomic E-state index is 0.197. The molecule has 1 aromatic carbocycles. The Labute approximate surface area is 153 Å². The third-order valence-electron chi connectivity index (χ3n) is 4.35.